The fraction of sp³-hybridized carbons (Fsp3) is 0.875. The number of aliphatic hydroxyl groups is 2. The van der Waals surface area contributed by atoms with Crippen molar-refractivity contribution in [2.24, 2.45) is 0 Å². The van der Waals surface area contributed by atoms with Crippen molar-refractivity contribution in [2.45, 2.75) is 63.9 Å². The third kappa shape index (κ3) is 6.08. The molecule has 7 heteroatoms. The van der Waals surface area contributed by atoms with Crippen molar-refractivity contribution < 1.29 is 24.5 Å². The monoisotopic (exact) mass is 328 g/mol. The predicted octanol–water partition coefficient (Wildman–Crippen LogP) is 0.445. The summed E-state index contributed by atoms with van der Waals surface area (Å²) in [6, 6.07) is 0. The first-order valence-electron chi connectivity index (χ1n) is 8.63. The van der Waals surface area contributed by atoms with Crippen LogP contribution in [0.15, 0.2) is 0 Å². The second-order valence-corrected chi connectivity index (χ2v) is 6.35. The average Bonchev–Trinajstić information content (AvgIpc) is 2.81. The minimum absolute atomic E-state index is 0.0161. The summed E-state index contributed by atoms with van der Waals surface area (Å²) in [4.78, 5) is 26.9. The second-order valence-electron chi connectivity index (χ2n) is 6.35. The van der Waals surface area contributed by atoms with Gasteiger partial charge in [-0.25, -0.2) is 0 Å². The van der Waals surface area contributed by atoms with Gasteiger partial charge in [0.2, 0.25) is 11.8 Å². The van der Waals surface area contributed by atoms with E-state index in [0.717, 1.165) is 38.5 Å². The van der Waals surface area contributed by atoms with Crippen LogP contribution in [0, 0.1) is 0 Å². The van der Waals surface area contributed by atoms with Gasteiger partial charge in [0.1, 0.15) is 0 Å². The molecule has 2 N–H and O–H groups in total. The first-order valence-corrected chi connectivity index (χ1v) is 8.63. The number of carbonyl (C=O) groups excluding carboxylic acids is 2. The lowest BCUT2D eigenvalue weighted by Gasteiger charge is -2.28. The standard InChI is InChI=1S/C16H28N2O5/c19-13-7-3-1-5-9-17(13)11-15(21)23-16(22)12-18-10-6-2-4-8-14(18)20/h15-16,21-22H,1-12H2. The molecule has 2 amide bonds. The van der Waals surface area contributed by atoms with Crippen molar-refractivity contribution >= 4 is 11.8 Å². The van der Waals surface area contributed by atoms with Crippen molar-refractivity contribution in [3.05, 3.63) is 0 Å². The van der Waals surface area contributed by atoms with Gasteiger partial charge >= 0.3 is 0 Å². The lowest BCUT2D eigenvalue weighted by Crippen LogP contribution is -2.43. The molecule has 2 unspecified atom stereocenters. The molecule has 0 aromatic rings. The Morgan fingerprint density at radius 3 is 1.65 bits per heavy atom. The highest BCUT2D eigenvalue weighted by atomic mass is 16.7. The molecule has 0 aliphatic carbocycles. The number of ether oxygens (including phenoxy) is 1. The van der Waals surface area contributed by atoms with Crippen molar-refractivity contribution in [2.75, 3.05) is 26.2 Å². The van der Waals surface area contributed by atoms with E-state index in [1.807, 2.05) is 0 Å². The van der Waals surface area contributed by atoms with Gasteiger partial charge in [-0.1, -0.05) is 12.8 Å². The summed E-state index contributed by atoms with van der Waals surface area (Å²) in [6.45, 7) is 1.34. The minimum Gasteiger partial charge on any atom is -0.366 e. The van der Waals surface area contributed by atoms with Gasteiger partial charge in [-0.2, -0.15) is 0 Å². The molecule has 0 saturated carbocycles. The largest absolute Gasteiger partial charge is 0.366 e. The Labute approximate surface area is 137 Å². The first kappa shape index (κ1) is 18.2. The molecule has 132 valence electrons. The molecule has 2 fully saturated rings. The molecular weight excluding hydrogens is 300 g/mol. The van der Waals surface area contributed by atoms with E-state index < -0.39 is 12.6 Å². The summed E-state index contributed by atoms with van der Waals surface area (Å²) in [7, 11) is 0. The van der Waals surface area contributed by atoms with Crippen LogP contribution in [0.25, 0.3) is 0 Å². The fourth-order valence-corrected chi connectivity index (χ4v) is 3.11. The van der Waals surface area contributed by atoms with Crippen molar-refractivity contribution in [3.8, 4) is 0 Å². The molecule has 0 bridgehead atoms. The maximum Gasteiger partial charge on any atom is 0.222 e. The van der Waals surface area contributed by atoms with Crippen LogP contribution < -0.4 is 0 Å². The molecule has 23 heavy (non-hydrogen) atoms. The number of hydrogen-bond donors (Lipinski definition) is 2. The molecule has 0 aromatic heterocycles. The van der Waals surface area contributed by atoms with Gasteiger partial charge in [-0.15, -0.1) is 0 Å². The quantitative estimate of drug-likeness (QED) is 0.691. The summed E-state index contributed by atoms with van der Waals surface area (Å²) in [5.74, 6) is 0.0321. The predicted molar refractivity (Wildman–Crippen MR) is 83.2 cm³/mol. The van der Waals surface area contributed by atoms with Gasteiger partial charge in [0.15, 0.2) is 12.6 Å². The van der Waals surface area contributed by atoms with Crippen LogP contribution in [0.1, 0.15) is 51.4 Å². The van der Waals surface area contributed by atoms with E-state index in [2.05, 4.69) is 0 Å². The molecule has 2 aliphatic rings. The minimum atomic E-state index is -1.24. The lowest BCUT2D eigenvalue weighted by molar-refractivity contribution is -0.218. The molecule has 2 rings (SSSR count). The fourth-order valence-electron chi connectivity index (χ4n) is 3.11. The number of nitrogens with zero attached hydrogens (tertiary/aromatic N) is 2. The first-order chi connectivity index (χ1) is 11.1. The third-order valence-corrected chi connectivity index (χ3v) is 4.41. The summed E-state index contributed by atoms with van der Waals surface area (Å²) in [6.07, 6.45) is 4.14. The van der Waals surface area contributed by atoms with E-state index in [0.29, 0.717) is 25.9 Å². The van der Waals surface area contributed by atoms with Crippen LogP contribution in [-0.2, 0) is 14.3 Å². The SMILES string of the molecule is O=C1CCCCCN1CC(O)OC(O)CN1CCCCCC1=O. The van der Waals surface area contributed by atoms with Crippen LogP contribution in [0.4, 0.5) is 0 Å². The maximum absolute atomic E-state index is 11.9. The van der Waals surface area contributed by atoms with Gasteiger partial charge in [-0.05, 0) is 25.7 Å². The Hall–Kier alpha value is -1.18. The normalized spacial score (nSPS) is 23.4. The zero-order valence-electron chi connectivity index (χ0n) is 13.7. The van der Waals surface area contributed by atoms with Gasteiger partial charge in [0.25, 0.3) is 0 Å². The lowest BCUT2D eigenvalue weighted by atomic mass is 10.2. The van der Waals surface area contributed by atoms with Crippen LogP contribution >= 0.6 is 0 Å². The third-order valence-electron chi connectivity index (χ3n) is 4.41. The van der Waals surface area contributed by atoms with E-state index in [1.165, 1.54) is 0 Å². The van der Waals surface area contributed by atoms with Gasteiger partial charge in [0, 0.05) is 25.9 Å². The Kier molecular flexibility index (Phi) is 7.26. The zero-order valence-corrected chi connectivity index (χ0v) is 13.7. The molecule has 2 atom stereocenters. The number of likely N-dealkylation sites (tertiary alicyclic amines) is 2. The molecule has 0 aromatic carbocycles. The van der Waals surface area contributed by atoms with Crippen LogP contribution in [0.2, 0.25) is 0 Å². The molecule has 2 aliphatic heterocycles. The number of β-amino-alcohol motifs (C(OH)–C–C–N with tert-alkyl or cyclic N) is 2. The Morgan fingerprint density at radius 2 is 1.22 bits per heavy atom. The van der Waals surface area contributed by atoms with E-state index in [-0.39, 0.29) is 24.9 Å². The Balaban J connectivity index is 1.76. The Morgan fingerprint density at radius 1 is 0.783 bits per heavy atom. The second kappa shape index (κ2) is 9.20. The number of hydrogen-bond acceptors (Lipinski definition) is 5. The maximum atomic E-state index is 11.9. The molecule has 7 nitrogen and oxygen atoms in total. The van der Waals surface area contributed by atoms with Gasteiger partial charge in [0.05, 0.1) is 13.1 Å². The number of carbonyl (C=O) groups is 2. The summed E-state index contributed by atoms with van der Waals surface area (Å²) < 4.78 is 5.16. The highest BCUT2D eigenvalue weighted by molar-refractivity contribution is 5.76. The van der Waals surface area contributed by atoms with Crippen molar-refractivity contribution in [1.29, 1.82) is 0 Å². The van der Waals surface area contributed by atoms with Crippen LogP contribution in [-0.4, -0.2) is 70.6 Å². The topological polar surface area (TPSA) is 90.3 Å². The van der Waals surface area contributed by atoms with Crippen LogP contribution in [0.5, 0.6) is 0 Å². The number of rotatable bonds is 6. The van der Waals surface area contributed by atoms with Crippen LogP contribution in [0.3, 0.4) is 0 Å². The highest BCUT2D eigenvalue weighted by Gasteiger charge is 2.24. The zero-order chi connectivity index (χ0) is 16.7. The number of amides is 2. The average molecular weight is 328 g/mol. The van der Waals surface area contributed by atoms with Gasteiger partial charge < -0.3 is 24.7 Å². The molecular formula is C16H28N2O5. The van der Waals surface area contributed by atoms with E-state index in [9.17, 15) is 19.8 Å². The van der Waals surface area contributed by atoms with E-state index >= 15 is 0 Å². The Bertz CT molecular complexity index is 368. The summed E-state index contributed by atoms with van der Waals surface area (Å²) in [5.41, 5.74) is 0. The smallest absolute Gasteiger partial charge is 0.222 e. The molecule has 2 heterocycles. The van der Waals surface area contributed by atoms with Gasteiger partial charge in [-0.3, -0.25) is 9.59 Å². The summed E-state index contributed by atoms with van der Waals surface area (Å²) in [5, 5.41) is 19.9. The number of aliphatic hydroxyl groups excluding tert-OH is 2. The van der Waals surface area contributed by atoms with Crippen molar-refractivity contribution in [1.82, 2.24) is 9.80 Å². The molecule has 2 saturated heterocycles. The highest BCUT2D eigenvalue weighted by Crippen LogP contribution is 2.14. The van der Waals surface area contributed by atoms with Crippen molar-refractivity contribution in [3.63, 3.8) is 0 Å². The van der Waals surface area contributed by atoms with E-state index in [1.54, 1.807) is 9.80 Å². The van der Waals surface area contributed by atoms with E-state index in [4.69, 9.17) is 4.74 Å². The summed E-state index contributed by atoms with van der Waals surface area (Å²) >= 11 is 0. The molecule has 0 spiro atoms. The molecule has 0 radical (unpaired) electrons.